The lowest BCUT2D eigenvalue weighted by Gasteiger charge is -2.28. The molecule has 0 aliphatic carbocycles. The van der Waals surface area contributed by atoms with Gasteiger partial charge in [0, 0.05) is 5.56 Å². The number of nitrogens with one attached hydrogen (secondary N) is 1. The molecule has 0 aliphatic heterocycles. The molecule has 26 heavy (non-hydrogen) atoms. The molecule has 1 atom stereocenters. The molecule has 1 heterocycles. The molecular formula is C20H18N4O2. The number of nitrogens with two attached hydrogens (primary N) is 1. The monoisotopic (exact) mass is 346 g/mol. The van der Waals surface area contributed by atoms with Gasteiger partial charge in [0.05, 0.1) is 17.5 Å². The first-order valence-corrected chi connectivity index (χ1v) is 8.07. The average molecular weight is 346 g/mol. The fourth-order valence-corrected chi connectivity index (χ4v) is 2.59. The zero-order valence-corrected chi connectivity index (χ0v) is 14.2. The summed E-state index contributed by atoms with van der Waals surface area (Å²) >= 11 is 0. The second kappa shape index (κ2) is 7.14. The molecule has 0 radical (unpaired) electrons. The molecule has 6 nitrogen and oxygen atoms in total. The van der Waals surface area contributed by atoms with Crippen molar-refractivity contribution in [3.63, 3.8) is 0 Å². The van der Waals surface area contributed by atoms with E-state index in [1.54, 1.807) is 37.3 Å². The van der Waals surface area contributed by atoms with Gasteiger partial charge in [-0.2, -0.15) is 10.2 Å². The molecule has 1 aromatic heterocycles. The maximum absolute atomic E-state index is 12.7. The highest BCUT2D eigenvalue weighted by atomic mass is 16.2. The van der Waals surface area contributed by atoms with Gasteiger partial charge in [-0.3, -0.25) is 9.59 Å². The number of amides is 2. The Morgan fingerprint density at radius 1 is 1.00 bits per heavy atom. The van der Waals surface area contributed by atoms with Crippen LogP contribution in [0.2, 0.25) is 0 Å². The summed E-state index contributed by atoms with van der Waals surface area (Å²) in [6.45, 7) is 1.58. The Kier molecular flexibility index (Phi) is 4.75. The largest absolute Gasteiger partial charge is 0.367 e. The highest BCUT2D eigenvalue weighted by Crippen LogP contribution is 2.22. The van der Waals surface area contributed by atoms with Crippen LogP contribution >= 0.6 is 0 Å². The van der Waals surface area contributed by atoms with E-state index in [0.29, 0.717) is 16.8 Å². The van der Waals surface area contributed by atoms with Crippen molar-refractivity contribution in [1.82, 2.24) is 15.5 Å². The number of primary amides is 1. The third kappa shape index (κ3) is 3.44. The lowest BCUT2D eigenvalue weighted by atomic mass is 9.91. The van der Waals surface area contributed by atoms with Crippen molar-refractivity contribution in [2.24, 2.45) is 5.73 Å². The van der Waals surface area contributed by atoms with E-state index in [-0.39, 0.29) is 0 Å². The summed E-state index contributed by atoms with van der Waals surface area (Å²) in [7, 11) is 0. The maximum atomic E-state index is 12.7. The number of rotatable bonds is 5. The smallest absolute Gasteiger partial charge is 0.254 e. The topological polar surface area (TPSA) is 98.0 Å². The summed E-state index contributed by atoms with van der Waals surface area (Å²) in [5.41, 5.74) is 6.54. The van der Waals surface area contributed by atoms with Crippen molar-refractivity contribution in [2.45, 2.75) is 12.5 Å². The van der Waals surface area contributed by atoms with Gasteiger partial charge in [0.2, 0.25) is 5.91 Å². The zero-order valence-electron chi connectivity index (χ0n) is 14.2. The number of hydrogen-bond donors (Lipinski definition) is 2. The molecule has 0 saturated carbocycles. The number of hydrogen-bond acceptors (Lipinski definition) is 4. The number of nitrogens with zero attached hydrogens (tertiary/aromatic N) is 2. The van der Waals surface area contributed by atoms with Crippen molar-refractivity contribution in [1.29, 1.82) is 0 Å². The summed E-state index contributed by atoms with van der Waals surface area (Å²) in [6, 6.07) is 19.9. The Balaban J connectivity index is 1.91. The van der Waals surface area contributed by atoms with E-state index in [2.05, 4.69) is 15.5 Å². The van der Waals surface area contributed by atoms with Crippen LogP contribution in [-0.4, -0.2) is 22.0 Å². The van der Waals surface area contributed by atoms with Crippen molar-refractivity contribution < 1.29 is 9.59 Å². The molecular weight excluding hydrogens is 328 g/mol. The van der Waals surface area contributed by atoms with Crippen molar-refractivity contribution in [2.75, 3.05) is 0 Å². The minimum absolute atomic E-state index is 0.294. The van der Waals surface area contributed by atoms with Crippen LogP contribution in [0.15, 0.2) is 72.9 Å². The first kappa shape index (κ1) is 17.3. The van der Waals surface area contributed by atoms with Gasteiger partial charge < -0.3 is 11.1 Å². The lowest BCUT2D eigenvalue weighted by molar-refractivity contribution is -0.123. The SMILES string of the molecule is CC(NC(=O)c1cnnc(-c2ccccc2)c1)(C(N)=O)c1ccccc1. The van der Waals surface area contributed by atoms with Crippen molar-refractivity contribution in [3.8, 4) is 11.3 Å². The van der Waals surface area contributed by atoms with Gasteiger partial charge in [0.1, 0.15) is 5.54 Å². The predicted molar refractivity (Wildman–Crippen MR) is 97.9 cm³/mol. The van der Waals surface area contributed by atoms with Crippen LogP contribution in [0.3, 0.4) is 0 Å². The number of benzene rings is 2. The van der Waals surface area contributed by atoms with Crippen LogP contribution in [0.1, 0.15) is 22.8 Å². The molecule has 0 fully saturated rings. The fourth-order valence-electron chi connectivity index (χ4n) is 2.59. The Morgan fingerprint density at radius 3 is 2.23 bits per heavy atom. The van der Waals surface area contributed by atoms with Crippen molar-refractivity contribution in [3.05, 3.63) is 84.1 Å². The second-order valence-corrected chi connectivity index (χ2v) is 6.00. The van der Waals surface area contributed by atoms with Crippen LogP contribution in [0.25, 0.3) is 11.3 Å². The summed E-state index contributed by atoms with van der Waals surface area (Å²) in [4.78, 5) is 24.8. The first-order chi connectivity index (χ1) is 12.5. The van der Waals surface area contributed by atoms with Crippen LogP contribution < -0.4 is 11.1 Å². The predicted octanol–water partition coefficient (Wildman–Crippen LogP) is 2.27. The fraction of sp³-hybridized carbons (Fsp3) is 0.100. The molecule has 130 valence electrons. The lowest BCUT2D eigenvalue weighted by Crippen LogP contribution is -2.52. The van der Waals surface area contributed by atoms with Crippen LogP contribution in [-0.2, 0) is 10.3 Å². The number of aromatic nitrogens is 2. The number of carbonyl (C=O) groups is 2. The van der Waals surface area contributed by atoms with E-state index in [1.807, 2.05) is 36.4 Å². The molecule has 3 N–H and O–H groups in total. The molecule has 2 aromatic carbocycles. The molecule has 0 bridgehead atoms. The molecule has 3 rings (SSSR count). The summed E-state index contributed by atoms with van der Waals surface area (Å²) in [5.74, 6) is -1.11. The molecule has 3 aromatic rings. The standard InChI is InChI=1S/C20H18N4O2/c1-20(19(21)26,16-10-6-3-7-11-16)23-18(25)15-12-17(24-22-13-15)14-8-4-2-5-9-14/h2-13H,1H3,(H2,21,26)(H,23,25). The Hall–Kier alpha value is -3.54. The van der Waals surface area contributed by atoms with E-state index in [0.717, 1.165) is 5.56 Å². The van der Waals surface area contributed by atoms with Crippen LogP contribution in [0.4, 0.5) is 0 Å². The van der Waals surface area contributed by atoms with Gasteiger partial charge in [-0.1, -0.05) is 60.7 Å². The first-order valence-electron chi connectivity index (χ1n) is 8.07. The van der Waals surface area contributed by atoms with Gasteiger partial charge in [0.15, 0.2) is 0 Å². The highest BCUT2D eigenvalue weighted by Gasteiger charge is 2.35. The van der Waals surface area contributed by atoms with Crippen LogP contribution in [0, 0.1) is 0 Å². The second-order valence-electron chi connectivity index (χ2n) is 6.00. The Labute approximate surface area is 151 Å². The molecule has 1 unspecified atom stereocenters. The van der Waals surface area contributed by atoms with Crippen molar-refractivity contribution >= 4 is 11.8 Å². The quantitative estimate of drug-likeness (QED) is 0.740. The summed E-state index contributed by atoms with van der Waals surface area (Å²) < 4.78 is 0. The molecule has 2 amide bonds. The Bertz CT molecular complexity index is 929. The van der Waals surface area contributed by atoms with Crippen LogP contribution in [0.5, 0.6) is 0 Å². The third-order valence-electron chi connectivity index (χ3n) is 4.19. The zero-order chi connectivity index (χ0) is 18.6. The van der Waals surface area contributed by atoms with Gasteiger partial charge in [-0.25, -0.2) is 0 Å². The Morgan fingerprint density at radius 2 is 1.62 bits per heavy atom. The minimum Gasteiger partial charge on any atom is -0.367 e. The molecule has 0 aliphatic rings. The average Bonchev–Trinajstić information content (AvgIpc) is 2.69. The van der Waals surface area contributed by atoms with Gasteiger partial charge in [0.25, 0.3) is 5.91 Å². The van der Waals surface area contributed by atoms with E-state index < -0.39 is 17.4 Å². The van der Waals surface area contributed by atoms with E-state index >= 15 is 0 Å². The van der Waals surface area contributed by atoms with Gasteiger partial charge in [-0.05, 0) is 18.6 Å². The summed E-state index contributed by atoms with van der Waals surface area (Å²) in [6.07, 6.45) is 1.36. The van der Waals surface area contributed by atoms with E-state index in [4.69, 9.17) is 5.73 Å². The molecule has 0 saturated heterocycles. The molecule has 6 heteroatoms. The highest BCUT2D eigenvalue weighted by molar-refractivity contribution is 5.99. The summed E-state index contributed by atoms with van der Waals surface area (Å²) in [5, 5.41) is 10.7. The maximum Gasteiger partial charge on any atom is 0.254 e. The van der Waals surface area contributed by atoms with Gasteiger partial charge in [-0.15, -0.1) is 0 Å². The minimum atomic E-state index is -1.34. The van der Waals surface area contributed by atoms with E-state index in [9.17, 15) is 9.59 Å². The molecule has 0 spiro atoms. The van der Waals surface area contributed by atoms with E-state index in [1.165, 1.54) is 6.20 Å². The van der Waals surface area contributed by atoms with Gasteiger partial charge >= 0.3 is 0 Å². The number of carbonyl (C=O) groups excluding carboxylic acids is 2. The normalized spacial score (nSPS) is 12.8. The third-order valence-corrected chi connectivity index (χ3v) is 4.19.